The first kappa shape index (κ1) is 12.0. The number of hydrogen-bond acceptors (Lipinski definition) is 2. The lowest BCUT2D eigenvalue weighted by Crippen LogP contribution is -2.47. The molecule has 0 saturated carbocycles. The van der Waals surface area contributed by atoms with Gasteiger partial charge in [0.2, 0.25) is 0 Å². The second kappa shape index (κ2) is 4.45. The van der Waals surface area contributed by atoms with Gasteiger partial charge >= 0.3 is 5.97 Å². The molecule has 0 aliphatic carbocycles. The molecule has 1 N–H and O–H groups in total. The van der Waals surface area contributed by atoms with E-state index in [-0.39, 0.29) is 5.82 Å². The highest BCUT2D eigenvalue weighted by atomic mass is 19.1. The number of benzene rings is 1. The van der Waals surface area contributed by atoms with Crippen LogP contribution in [0.4, 0.5) is 4.39 Å². The summed E-state index contributed by atoms with van der Waals surface area (Å²) in [5.41, 5.74) is -0.302. The molecule has 0 bridgehead atoms. The van der Waals surface area contributed by atoms with Crippen LogP contribution < -0.4 is 0 Å². The van der Waals surface area contributed by atoms with Crippen molar-refractivity contribution in [2.75, 3.05) is 6.54 Å². The Morgan fingerprint density at radius 3 is 2.88 bits per heavy atom. The molecule has 17 heavy (non-hydrogen) atoms. The molecule has 1 aromatic rings. The SMILES string of the molecule is CC1(C(=O)O)CCCN1Cc1ccccc1F. The van der Waals surface area contributed by atoms with Crippen molar-refractivity contribution >= 4 is 5.97 Å². The Morgan fingerprint density at radius 2 is 2.24 bits per heavy atom. The smallest absolute Gasteiger partial charge is 0.323 e. The summed E-state index contributed by atoms with van der Waals surface area (Å²) >= 11 is 0. The summed E-state index contributed by atoms with van der Waals surface area (Å²) in [7, 11) is 0. The lowest BCUT2D eigenvalue weighted by Gasteiger charge is -2.31. The Labute approximate surface area is 99.9 Å². The Morgan fingerprint density at radius 1 is 1.53 bits per heavy atom. The summed E-state index contributed by atoms with van der Waals surface area (Å²) < 4.78 is 13.5. The summed E-state index contributed by atoms with van der Waals surface area (Å²) in [5, 5.41) is 9.25. The molecule has 0 amide bonds. The molecular weight excluding hydrogens is 221 g/mol. The highest BCUT2D eigenvalue weighted by Crippen LogP contribution is 2.31. The maximum Gasteiger partial charge on any atom is 0.323 e. The van der Waals surface area contributed by atoms with Gasteiger partial charge in [0.25, 0.3) is 0 Å². The van der Waals surface area contributed by atoms with Crippen molar-refractivity contribution in [2.45, 2.75) is 31.8 Å². The molecule has 2 rings (SSSR count). The fraction of sp³-hybridized carbons (Fsp3) is 0.462. The molecular formula is C13H16FNO2. The molecule has 0 spiro atoms. The largest absolute Gasteiger partial charge is 0.480 e. The Bertz CT molecular complexity index is 435. The first-order valence-electron chi connectivity index (χ1n) is 5.76. The van der Waals surface area contributed by atoms with E-state index in [2.05, 4.69) is 0 Å². The minimum absolute atomic E-state index is 0.271. The van der Waals surface area contributed by atoms with E-state index in [0.29, 0.717) is 25.1 Å². The molecule has 92 valence electrons. The third-order valence-electron chi connectivity index (χ3n) is 3.57. The molecule has 3 nitrogen and oxygen atoms in total. The standard InChI is InChI=1S/C13H16FNO2/c1-13(12(16)17)7-4-8-15(13)9-10-5-2-3-6-11(10)14/h2-3,5-6H,4,7-9H2,1H3,(H,16,17). The summed E-state index contributed by atoms with van der Waals surface area (Å²) in [6.45, 7) is 2.77. The van der Waals surface area contributed by atoms with E-state index < -0.39 is 11.5 Å². The number of halogens is 1. The number of hydrogen-bond donors (Lipinski definition) is 1. The van der Waals surface area contributed by atoms with Crippen LogP contribution in [0.3, 0.4) is 0 Å². The van der Waals surface area contributed by atoms with Gasteiger partial charge in [-0.1, -0.05) is 18.2 Å². The molecule has 1 aliphatic heterocycles. The van der Waals surface area contributed by atoms with Gasteiger partial charge in [0.15, 0.2) is 0 Å². The van der Waals surface area contributed by atoms with Crippen LogP contribution in [0.1, 0.15) is 25.3 Å². The number of nitrogens with zero attached hydrogens (tertiary/aromatic N) is 1. The van der Waals surface area contributed by atoms with Crippen LogP contribution in [0.15, 0.2) is 24.3 Å². The van der Waals surface area contributed by atoms with Crippen LogP contribution >= 0.6 is 0 Å². The van der Waals surface area contributed by atoms with Gasteiger partial charge in [0.05, 0.1) is 0 Å². The van der Waals surface area contributed by atoms with Crippen LogP contribution in [0.5, 0.6) is 0 Å². The Hall–Kier alpha value is -1.42. The first-order chi connectivity index (χ1) is 8.04. The van der Waals surface area contributed by atoms with Crippen LogP contribution in [0.25, 0.3) is 0 Å². The fourth-order valence-electron chi connectivity index (χ4n) is 2.35. The van der Waals surface area contributed by atoms with Crippen LogP contribution in [-0.2, 0) is 11.3 Å². The topological polar surface area (TPSA) is 40.5 Å². The molecule has 1 saturated heterocycles. The van der Waals surface area contributed by atoms with Gasteiger partial charge < -0.3 is 5.11 Å². The van der Waals surface area contributed by atoms with Gasteiger partial charge in [-0.25, -0.2) is 4.39 Å². The quantitative estimate of drug-likeness (QED) is 0.876. The minimum Gasteiger partial charge on any atom is -0.480 e. The van der Waals surface area contributed by atoms with Crippen LogP contribution in [0, 0.1) is 5.82 Å². The van der Waals surface area contributed by atoms with E-state index in [4.69, 9.17) is 0 Å². The van der Waals surface area contributed by atoms with E-state index in [1.807, 2.05) is 4.90 Å². The summed E-state index contributed by atoms with van der Waals surface area (Å²) in [4.78, 5) is 13.1. The molecule has 1 atom stereocenters. The fourth-order valence-corrected chi connectivity index (χ4v) is 2.35. The third-order valence-corrected chi connectivity index (χ3v) is 3.57. The second-order valence-corrected chi connectivity index (χ2v) is 4.70. The zero-order valence-electron chi connectivity index (χ0n) is 9.82. The van der Waals surface area contributed by atoms with Crippen LogP contribution in [-0.4, -0.2) is 28.1 Å². The van der Waals surface area contributed by atoms with Crippen LogP contribution in [0.2, 0.25) is 0 Å². The minimum atomic E-state index is -0.859. The van der Waals surface area contributed by atoms with Crippen molar-refractivity contribution in [1.29, 1.82) is 0 Å². The number of rotatable bonds is 3. The molecule has 1 aliphatic rings. The van der Waals surface area contributed by atoms with Crippen molar-refractivity contribution < 1.29 is 14.3 Å². The van der Waals surface area contributed by atoms with E-state index in [1.54, 1.807) is 25.1 Å². The number of likely N-dealkylation sites (tertiary alicyclic amines) is 1. The zero-order valence-corrected chi connectivity index (χ0v) is 9.82. The average Bonchev–Trinajstić information content (AvgIpc) is 2.65. The van der Waals surface area contributed by atoms with Gasteiger partial charge in [-0.05, 0) is 32.4 Å². The highest BCUT2D eigenvalue weighted by molar-refractivity contribution is 5.78. The predicted octanol–water partition coefficient (Wildman–Crippen LogP) is 2.26. The summed E-state index contributed by atoms with van der Waals surface area (Å²) in [6.07, 6.45) is 1.47. The van der Waals surface area contributed by atoms with Gasteiger partial charge in [-0.2, -0.15) is 0 Å². The molecule has 0 radical (unpaired) electrons. The van der Waals surface area contributed by atoms with Crippen molar-refractivity contribution in [3.05, 3.63) is 35.6 Å². The first-order valence-corrected chi connectivity index (χ1v) is 5.76. The third kappa shape index (κ3) is 2.17. The maximum absolute atomic E-state index is 13.5. The number of carboxylic acids is 1. The number of carboxylic acid groups (broad SMARTS) is 1. The lowest BCUT2D eigenvalue weighted by molar-refractivity contribution is -0.148. The molecule has 1 unspecified atom stereocenters. The van der Waals surface area contributed by atoms with Crippen molar-refractivity contribution in [2.24, 2.45) is 0 Å². The van der Waals surface area contributed by atoms with Crippen molar-refractivity contribution in [3.63, 3.8) is 0 Å². The van der Waals surface area contributed by atoms with E-state index in [1.165, 1.54) is 6.07 Å². The Balaban J connectivity index is 2.19. The highest BCUT2D eigenvalue weighted by Gasteiger charge is 2.43. The van der Waals surface area contributed by atoms with E-state index in [9.17, 15) is 14.3 Å². The Kier molecular flexibility index (Phi) is 3.15. The number of aliphatic carboxylic acids is 1. The van der Waals surface area contributed by atoms with Crippen molar-refractivity contribution in [3.8, 4) is 0 Å². The van der Waals surface area contributed by atoms with Crippen molar-refractivity contribution in [1.82, 2.24) is 4.90 Å². The molecule has 4 heteroatoms. The monoisotopic (exact) mass is 237 g/mol. The zero-order chi connectivity index (χ0) is 12.5. The summed E-state index contributed by atoms with van der Waals surface area (Å²) in [6, 6.07) is 6.52. The van der Waals surface area contributed by atoms with E-state index >= 15 is 0 Å². The van der Waals surface area contributed by atoms with Gasteiger partial charge in [0, 0.05) is 12.1 Å². The number of carbonyl (C=O) groups is 1. The summed E-state index contributed by atoms with van der Waals surface area (Å²) in [5.74, 6) is -1.10. The maximum atomic E-state index is 13.5. The van der Waals surface area contributed by atoms with Gasteiger partial charge in [-0.3, -0.25) is 9.69 Å². The average molecular weight is 237 g/mol. The second-order valence-electron chi connectivity index (χ2n) is 4.70. The molecule has 1 heterocycles. The predicted molar refractivity (Wildman–Crippen MR) is 62.1 cm³/mol. The molecule has 1 aromatic carbocycles. The van der Waals surface area contributed by atoms with E-state index in [0.717, 1.165) is 6.42 Å². The van der Waals surface area contributed by atoms with Gasteiger partial charge in [-0.15, -0.1) is 0 Å². The molecule has 0 aromatic heterocycles. The van der Waals surface area contributed by atoms with Gasteiger partial charge in [0.1, 0.15) is 11.4 Å². The molecule has 1 fully saturated rings. The lowest BCUT2D eigenvalue weighted by atomic mass is 9.99. The normalized spacial score (nSPS) is 25.1.